The number of aryl methyl sites for hydroxylation is 1. The van der Waals surface area contributed by atoms with Gasteiger partial charge in [0.25, 0.3) is 0 Å². The fourth-order valence-corrected chi connectivity index (χ4v) is 5.85. The minimum atomic E-state index is -0.482. The van der Waals surface area contributed by atoms with Crippen molar-refractivity contribution < 1.29 is 23.9 Å². The molecule has 174 valence electrons. The average molecular weight is 533 g/mol. The van der Waals surface area contributed by atoms with E-state index in [1.807, 2.05) is 25.5 Å². The second kappa shape index (κ2) is 9.74. The molecule has 9 heteroatoms. The van der Waals surface area contributed by atoms with Gasteiger partial charge in [-0.1, -0.05) is 13.8 Å². The Morgan fingerprint density at radius 2 is 2.00 bits per heavy atom. The number of thioether (sulfide) groups is 1. The van der Waals surface area contributed by atoms with Crippen LogP contribution < -0.4 is 4.74 Å². The van der Waals surface area contributed by atoms with Gasteiger partial charge in [0.15, 0.2) is 5.78 Å². The molecule has 0 radical (unpaired) electrons. The summed E-state index contributed by atoms with van der Waals surface area (Å²) < 4.78 is 13.1. The Kier molecular flexibility index (Phi) is 7.39. The molecule has 2 aromatic rings. The van der Waals surface area contributed by atoms with E-state index < -0.39 is 11.9 Å². The van der Waals surface area contributed by atoms with Gasteiger partial charge in [-0.25, -0.2) is 4.79 Å². The number of nitriles is 1. The molecule has 0 saturated heterocycles. The van der Waals surface area contributed by atoms with Crippen LogP contribution in [0.1, 0.15) is 56.6 Å². The highest BCUT2D eigenvalue weighted by Crippen LogP contribution is 2.43. The highest BCUT2D eigenvalue weighted by Gasteiger charge is 2.34. The van der Waals surface area contributed by atoms with Gasteiger partial charge in [-0.05, 0) is 46.8 Å². The summed E-state index contributed by atoms with van der Waals surface area (Å²) in [6, 6.07) is 5.50. The van der Waals surface area contributed by atoms with Crippen molar-refractivity contribution in [2.24, 2.45) is 12.5 Å². The van der Waals surface area contributed by atoms with Crippen LogP contribution in [0.3, 0.4) is 0 Å². The third-order valence-corrected chi connectivity index (χ3v) is 7.17. The Hall–Kier alpha value is -2.57. The quantitative estimate of drug-likeness (QED) is 0.360. The van der Waals surface area contributed by atoms with Crippen molar-refractivity contribution in [2.45, 2.75) is 46.3 Å². The molecule has 1 aromatic heterocycles. The number of carbonyl (C=O) groups is 3. The van der Waals surface area contributed by atoms with Crippen molar-refractivity contribution in [1.29, 1.82) is 5.26 Å². The van der Waals surface area contributed by atoms with E-state index in [1.54, 1.807) is 19.1 Å². The topological polar surface area (TPSA) is 98.4 Å². The zero-order valence-electron chi connectivity index (χ0n) is 19.2. The summed E-state index contributed by atoms with van der Waals surface area (Å²) in [5.74, 6) is -0.429. The molecule has 0 spiro atoms. The van der Waals surface area contributed by atoms with Gasteiger partial charge < -0.3 is 14.0 Å². The van der Waals surface area contributed by atoms with Crippen LogP contribution in [0, 0.1) is 16.7 Å². The number of rotatable bonds is 6. The second-order valence-corrected chi connectivity index (χ2v) is 10.6. The molecule has 0 amide bonds. The number of ketones is 1. The third kappa shape index (κ3) is 5.17. The van der Waals surface area contributed by atoms with E-state index in [4.69, 9.17) is 9.47 Å². The van der Waals surface area contributed by atoms with Gasteiger partial charge in [0.05, 0.1) is 22.2 Å². The van der Waals surface area contributed by atoms with Crippen molar-refractivity contribution in [1.82, 2.24) is 4.57 Å². The third-order valence-electron chi connectivity index (χ3n) is 5.44. The smallest absolute Gasteiger partial charge is 0.340 e. The number of fused-ring (bicyclic) bond motifs is 1. The lowest BCUT2D eigenvalue weighted by molar-refractivity contribution is -0.132. The summed E-state index contributed by atoms with van der Waals surface area (Å²) >= 11 is 4.82. The normalized spacial score (nSPS) is 15.5. The molecule has 0 atom stereocenters. The number of nitrogens with zero attached hydrogens (tertiary/aromatic N) is 2. The largest absolute Gasteiger partial charge is 0.462 e. The van der Waals surface area contributed by atoms with E-state index in [2.05, 4.69) is 22.0 Å². The number of halogens is 1. The van der Waals surface area contributed by atoms with Crippen LogP contribution in [-0.2, 0) is 27.1 Å². The molecule has 1 aliphatic carbocycles. The van der Waals surface area contributed by atoms with Crippen LogP contribution in [0.5, 0.6) is 5.75 Å². The standard InChI is InChI=1S/C24H25BrN2O5S/c1-6-31-23(30)22-14-7-20(32-13(2)28)16(25)8-17(14)27(5)18(22)12-33-21-10-24(3,4)9-19(29)15(21)11-26/h7-8H,6,9-10,12H2,1-5H3. The van der Waals surface area contributed by atoms with E-state index >= 15 is 0 Å². The number of hydrogen-bond acceptors (Lipinski definition) is 7. The zero-order valence-corrected chi connectivity index (χ0v) is 21.6. The maximum Gasteiger partial charge on any atom is 0.340 e. The van der Waals surface area contributed by atoms with Crippen LogP contribution in [0.25, 0.3) is 10.9 Å². The van der Waals surface area contributed by atoms with E-state index in [-0.39, 0.29) is 23.4 Å². The van der Waals surface area contributed by atoms with Gasteiger partial charge >= 0.3 is 11.9 Å². The number of allylic oxidation sites excluding steroid dienone is 2. The summed E-state index contributed by atoms with van der Waals surface area (Å²) in [5, 5.41) is 10.1. The van der Waals surface area contributed by atoms with Gasteiger partial charge in [0.2, 0.25) is 0 Å². The predicted molar refractivity (Wildman–Crippen MR) is 130 cm³/mol. The fourth-order valence-electron chi connectivity index (χ4n) is 3.99. The van der Waals surface area contributed by atoms with Crippen LogP contribution in [0.4, 0.5) is 0 Å². The Labute approximate surface area is 205 Å². The molecule has 0 fully saturated rings. The first kappa shape index (κ1) is 25.1. The summed E-state index contributed by atoms with van der Waals surface area (Å²) in [4.78, 5) is 37.7. The molecule has 0 unspecified atom stereocenters. The van der Waals surface area contributed by atoms with Gasteiger partial charge in [-0.15, -0.1) is 11.8 Å². The lowest BCUT2D eigenvalue weighted by Gasteiger charge is -2.30. The summed E-state index contributed by atoms with van der Waals surface area (Å²) in [7, 11) is 1.84. The van der Waals surface area contributed by atoms with Crippen LogP contribution >= 0.6 is 27.7 Å². The summed E-state index contributed by atoms with van der Waals surface area (Å²) in [6.07, 6.45) is 0.960. The number of esters is 2. The minimum absolute atomic E-state index is 0.145. The number of benzene rings is 1. The van der Waals surface area contributed by atoms with Crippen molar-refractivity contribution in [3.63, 3.8) is 0 Å². The lowest BCUT2D eigenvalue weighted by atomic mass is 9.78. The Balaban J connectivity index is 2.12. The molecule has 7 nitrogen and oxygen atoms in total. The predicted octanol–water partition coefficient (Wildman–Crippen LogP) is 5.44. The highest BCUT2D eigenvalue weighted by atomic mass is 79.9. The zero-order chi connectivity index (χ0) is 24.5. The number of hydrogen-bond donors (Lipinski definition) is 0. The number of aromatic nitrogens is 1. The number of carbonyl (C=O) groups excluding carboxylic acids is 3. The average Bonchev–Trinajstić information content (AvgIpc) is 2.96. The lowest BCUT2D eigenvalue weighted by Crippen LogP contribution is -2.24. The summed E-state index contributed by atoms with van der Waals surface area (Å²) in [5.41, 5.74) is 1.80. The molecule has 0 aliphatic heterocycles. The molecule has 1 aliphatic rings. The maximum absolute atomic E-state index is 13.0. The number of ether oxygens (including phenoxy) is 2. The molecule has 3 rings (SSSR count). The molecule has 0 saturated carbocycles. The van der Waals surface area contributed by atoms with Gasteiger partial charge in [-0.2, -0.15) is 5.26 Å². The highest BCUT2D eigenvalue weighted by molar-refractivity contribution is 9.10. The molecular weight excluding hydrogens is 508 g/mol. The first-order chi connectivity index (χ1) is 15.5. The molecular formula is C24H25BrN2O5S. The maximum atomic E-state index is 13.0. The fraction of sp³-hybridized carbons (Fsp3) is 0.417. The van der Waals surface area contributed by atoms with E-state index in [1.165, 1.54) is 18.7 Å². The Morgan fingerprint density at radius 1 is 1.30 bits per heavy atom. The van der Waals surface area contributed by atoms with Crippen molar-refractivity contribution >= 4 is 56.3 Å². The summed E-state index contributed by atoms with van der Waals surface area (Å²) in [6.45, 7) is 7.27. The van der Waals surface area contributed by atoms with Crippen molar-refractivity contribution in [2.75, 3.05) is 6.61 Å². The van der Waals surface area contributed by atoms with E-state index in [0.29, 0.717) is 45.5 Å². The van der Waals surface area contributed by atoms with Gasteiger partial charge in [0, 0.05) is 42.1 Å². The van der Waals surface area contributed by atoms with Crippen molar-refractivity contribution in [3.8, 4) is 11.8 Å². The molecule has 0 N–H and O–H groups in total. The monoisotopic (exact) mass is 532 g/mol. The Bertz CT molecular complexity index is 1240. The van der Waals surface area contributed by atoms with E-state index in [9.17, 15) is 19.6 Å². The molecule has 33 heavy (non-hydrogen) atoms. The van der Waals surface area contributed by atoms with Crippen LogP contribution in [0.2, 0.25) is 0 Å². The Morgan fingerprint density at radius 3 is 2.61 bits per heavy atom. The van der Waals surface area contributed by atoms with Gasteiger partial charge in [0.1, 0.15) is 17.4 Å². The minimum Gasteiger partial charge on any atom is -0.462 e. The molecule has 1 aromatic carbocycles. The second-order valence-electron chi connectivity index (χ2n) is 8.63. The first-order valence-corrected chi connectivity index (χ1v) is 12.2. The molecule has 0 bridgehead atoms. The first-order valence-electron chi connectivity index (χ1n) is 10.4. The van der Waals surface area contributed by atoms with Crippen LogP contribution in [0.15, 0.2) is 27.1 Å². The van der Waals surface area contributed by atoms with E-state index in [0.717, 1.165) is 10.4 Å². The number of Topliss-reactive ketones (excluding diaryl/α,β-unsaturated/α-hetero) is 1. The van der Waals surface area contributed by atoms with Crippen LogP contribution in [-0.4, -0.2) is 28.9 Å². The van der Waals surface area contributed by atoms with Gasteiger partial charge in [-0.3, -0.25) is 9.59 Å². The SMILES string of the molecule is CCOC(=O)c1c(CSC2=C(C#N)C(=O)CC(C)(C)C2)n(C)c2cc(Br)c(OC(C)=O)cc12. The van der Waals surface area contributed by atoms with Crippen molar-refractivity contribution in [3.05, 3.63) is 38.3 Å². The molecule has 1 heterocycles.